The maximum atomic E-state index is 14.3. The molecule has 0 atom stereocenters. The molecule has 0 unspecified atom stereocenters. The van der Waals surface area contributed by atoms with Crippen molar-refractivity contribution >= 4 is 27.5 Å². The molecule has 0 aromatic heterocycles. The topological polar surface area (TPSA) is 49.6 Å². The molecule has 2 aliphatic heterocycles. The molecule has 142 valence electrons. The van der Waals surface area contributed by atoms with Crippen LogP contribution >= 0.6 is 15.9 Å². The first-order valence-electron chi connectivity index (χ1n) is 9.39. The quantitative estimate of drug-likeness (QED) is 0.787. The highest BCUT2D eigenvalue weighted by molar-refractivity contribution is 9.10. The van der Waals surface area contributed by atoms with Crippen molar-refractivity contribution in [3.63, 3.8) is 0 Å². The molecule has 0 spiro atoms. The largest absolute Gasteiger partial charge is 0.371 e. The van der Waals surface area contributed by atoms with E-state index in [4.69, 9.17) is 5.73 Å². The van der Waals surface area contributed by atoms with Crippen molar-refractivity contribution in [2.45, 2.75) is 31.8 Å². The summed E-state index contributed by atoms with van der Waals surface area (Å²) in [7, 11) is 0. The number of hydrogen-bond donors (Lipinski definition) is 1. The molecule has 0 aliphatic carbocycles. The van der Waals surface area contributed by atoms with Gasteiger partial charge in [0.1, 0.15) is 5.82 Å². The molecule has 0 saturated carbocycles. The zero-order valence-electron chi connectivity index (χ0n) is 15.1. The molecule has 2 aliphatic rings. The maximum Gasteiger partial charge on any atom is 0.256 e. The molecule has 1 fully saturated rings. The van der Waals surface area contributed by atoms with E-state index in [-0.39, 0.29) is 17.8 Å². The Morgan fingerprint density at radius 3 is 2.63 bits per heavy atom. The molecule has 0 radical (unpaired) electrons. The number of nitrogens with zero attached hydrogens (tertiary/aromatic N) is 2. The minimum absolute atomic E-state index is 0.00875. The SMILES string of the molecule is NC1CCN(c2ccccc2C(=O)N2CCc3c(ccc(Br)c3F)C2)CC1. The van der Waals surface area contributed by atoms with Gasteiger partial charge in [0.25, 0.3) is 5.91 Å². The number of amides is 1. The monoisotopic (exact) mass is 431 g/mol. The third-order valence-corrected chi connectivity index (χ3v) is 6.20. The van der Waals surface area contributed by atoms with E-state index in [0.717, 1.165) is 37.2 Å². The lowest BCUT2D eigenvalue weighted by molar-refractivity contribution is 0.0734. The van der Waals surface area contributed by atoms with Crippen LogP contribution in [0.4, 0.5) is 10.1 Å². The van der Waals surface area contributed by atoms with Crippen LogP contribution in [-0.4, -0.2) is 36.5 Å². The highest BCUT2D eigenvalue weighted by atomic mass is 79.9. The van der Waals surface area contributed by atoms with E-state index in [9.17, 15) is 9.18 Å². The van der Waals surface area contributed by atoms with Crippen LogP contribution in [-0.2, 0) is 13.0 Å². The number of carbonyl (C=O) groups excluding carboxylic acids is 1. The predicted molar refractivity (Wildman–Crippen MR) is 108 cm³/mol. The Hall–Kier alpha value is -1.92. The first kappa shape index (κ1) is 18.4. The summed E-state index contributed by atoms with van der Waals surface area (Å²) >= 11 is 3.24. The molecule has 2 aromatic rings. The number of para-hydroxylation sites is 1. The minimum atomic E-state index is -0.204. The summed E-state index contributed by atoms with van der Waals surface area (Å²) in [6.45, 7) is 2.71. The van der Waals surface area contributed by atoms with Gasteiger partial charge in [-0.3, -0.25) is 4.79 Å². The molecule has 2 aromatic carbocycles. The molecule has 2 N–H and O–H groups in total. The molecule has 2 heterocycles. The maximum absolute atomic E-state index is 14.3. The van der Waals surface area contributed by atoms with Crippen molar-refractivity contribution in [2.75, 3.05) is 24.5 Å². The minimum Gasteiger partial charge on any atom is -0.371 e. The molecule has 6 heteroatoms. The zero-order chi connectivity index (χ0) is 19.0. The molecule has 27 heavy (non-hydrogen) atoms. The third kappa shape index (κ3) is 3.60. The summed E-state index contributed by atoms with van der Waals surface area (Å²) in [5, 5.41) is 0. The Morgan fingerprint density at radius 2 is 1.85 bits per heavy atom. The average Bonchev–Trinajstić information content (AvgIpc) is 2.70. The fraction of sp³-hybridized carbons (Fsp3) is 0.381. The van der Waals surface area contributed by atoms with Crippen LogP contribution in [0.2, 0.25) is 0 Å². The second kappa shape index (κ2) is 7.60. The van der Waals surface area contributed by atoms with Gasteiger partial charge in [0.2, 0.25) is 0 Å². The predicted octanol–water partition coefficient (Wildman–Crippen LogP) is 3.71. The molecule has 4 nitrogen and oxygen atoms in total. The molecular weight excluding hydrogens is 409 g/mol. The van der Waals surface area contributed by atoms with Gasteiger partial charge in [0.15, 0.2) is 0 Å². The van der Waals surface area contributed by atoms with Gasteiger partial charge in [0, 0.05) is 37.9 Å². The van der Waals surface area contributed by atoms with Gasteiger partial charge >= 0.3 is 0 Å². The fourth-order valence-corrected chi connectivity index (χ4v) is 4.37. The van der Waals surface area contributed by atoms with Crippen molar-refractivity contribution in [1.82, 2.24) is 4.90 Å². The number of carbonyl (C=O) groups is 1. The van der Waals surface area contributed by atoms with Crippen LogP contribution in [0.1, 0.15) is 34.3 Å². The van der Waals surface area contributed by atoms with Crippen LogP contribution in [0.5, 0.6) is 0 Å². The molecule has 1 amide bonds. The van der Waals surface area contributed by atoms with Crippen LogP contribution in [0.15, 0.2) is 40.9 Å². The second-order valence-corrected chi connectivity index (χ2v) is 8.17. The number of anilines is 1. The normalized spacial score (nSPS) is 17.7. The van der Waals surface area contributed by atoms with Gasteiger partial charge in [-0.1, -0.05) is 18.2 Å². The highest BCUT2D eigenvalue weighted by Gasteiger charge is 2.27. The van der Waals surface area contributed by atoms with E-state index < -0.39 is 0 Å². The van der Waals surface area contributed by atoms with Gasteiger partial charge in [-0.2, -0.15) is 0 Å². The van der Waals surface area contributed by atoms with Gasteiger partial charge in [-0.05, 0) is 64.5 Å². The number of hydrogen-bond acceptors (Lipinski definition) is 3. The van der Waals surface area contributed by atoms with E-state index in [1.807, 2.05) is 35.2 Å². The first-order chi connectivity index (χ1) is 13.0. The lowest BCUT2D eigenvalue weighted by atomic mass is 9.98. The van der Waals surface area contributed by atoms with E-state index in [0.29, 0.717) is 35.1 Å². The number of benzene rings is 2. The second-order valence-electron chi connectivity index (χ2n) is 7.32. The number of rotatable bonds is 2. The Morgan fingerprint density at radius 1 is 1.11 bits per heavy atom. The zero-order valence-corrected chi connectivity index (χ0v) is 16.7. The smallest absolute Gasteiger partial charge is 0.256 e. The Kier molecular flexibility index (Phi) is 5.19. The van der Waals surface area contributed by atoms with E-state index in [2.05, 4.69) is 20.8 Å². The van der Waals surface area contributed by atoms with Gasteiger partial charge in [-0.25, -0.2) is 4.39 Å². The van der Waals surface area contributed by atoms with E-state index >= 15 is 0 Å². The number of fused-ring (bicyclic) bond motifs is 1. The summed E-state index contributed by atoms with van der Waals surface area (Å²) < 4.78 is 14.8. The Bertz CT molecular complexity index is 865. The summed E-state index contributed by atoms with van der Waals surface area (Å²) in [4.78, 5) is 17.3. The number of piperidine rings is 1. The summed E-state index contributed by atoms with van der Waals surface area (Å²) in [6.07, 6.45) is 2.41. The van der Waals surface area contributed by atoms with Crippen molar-refractivity contribution in [1.29, 1.82) is 0 Å². The number of nitrogens with two attached hydrogens (primary N) is 1. The first-order valence-corrected chi connectivity index (χ1v) is 10.2. The third-order valence-electron chi connectivity index (χ3n) is 5.59. The highest BCUT2D eigenvalue weighted by Crippen LogP contribution is 2.30. The van der Waals surface area contributed by atoms with Crippen molar-refractivity contribution in [2.24, 2.45) is 5.73 Å². The summed E-state index contributed by atoms with van der Waals surface area (Å²) in [6, 6.07) is 11.6. The summed E-state index contributed by atoms with van der Waals surface area (Å²) in [5.74, 6) is -0.195. The van der Waals surface area contributed by atoms with Crippen LogP contribution in [0, 0.1) is 5.82 Å². The van der Waals surface area contributed by atoms with Crippen LogP contribution < -0.4 is 10.6 Å². The molecular formula is C21H23BrFN3O. The van der Waals surface area contributed by atoms with Crippen LogP contribution in [0.25, 0.3) is 0 Å². The van der Waals surface area contributed by atoms with Crippen molar-refractivity contribution in [3.8, 4) is 0 Å². The number of halogens is 2. The van der Waals surface area contributed by atoms with Crippen LogP contribution in [0.3, 0.4) is 0 Å². The Labute approximate surface area is 167 Å². The van der Waals surface area contributed by atoms with Gasteiger partial charge < -0.3 is 15.5 Å². The molecule has 1 saturated heterocycles. The van der Waals surface area contributed by atoms with Crippen molar-refractivity contribution in [3.05, 3.63) is 63.4 Å². The van der Waals surface area contributed by atoms with Crippen molar-refractivity contribution < 1.29 is 9.18 Å². The summed E-state index contributed by atoms with van der Waals surface area (Å²) in [5.41, 5.74) is 9.31. The van der Waals surface area contributed by atoms with Gasteiger partial charge in [0.05, 0.1) is 10.0 Å². The van der Waals surface area contributed by atoms with Gasteiger partial charge in [-0.15, -0.1) is 0 Å². The standard InChI is InChI=1S/C21H23BrFN3O/c22-18-6-5-14-13-26(12-9-16(14)20(18)23)21(27)17-3-1-2-4-19(17)25-10-7-15(24)8-11-25/h1-6,15H,7-13,24H2. The van der Waals surface area contributed by atoms with E-state index in [1.54, 1.807) is 6.07 Å². The molecule has 0 bridgehead atoms. The lowest BCUT2D eigenvalue weighted by Gasteiger charge is -2.35. The fourth-order valence-electron chi connectivity index (χ4n) is 4.00. The van der Waals surface area contributed by atoms with E-state index in [1.165, 1.54) is 0 Å². The average molecular weight is 432 g/mol. The lowest BCUT2D eigenvalue weighted by Crippen LogP contribution is -2.41. The Balaban J connectivity index is 1.58. The molecule has 4 rings (SSSR count).